The van der Waals surface area contributed by atoms with E-state index in [1.165, 1.54) is 13.1 Å². The largest absolute Gasteiger partial charge is 0.462 e. The average Bonchev–Trinajstić information content (AvgIpc) is 3.25. The Bertz CT molecular complexity index is 998. The Kier molecular flexibility index (Phi) is 6.13. The molecule has 0 saturated heterocycles. The van der Waals surface area contributed by atoms with E-state index < -0.39 is 12.0 Å². The van der Waals surface area contributed by atoms with Crippen LogP contribution in [0.1, 0.15) is 45.0 Å². The smallest absolute Gasteiger partial charge is 0.341 e. The van der Waals surface area contributed by atoms with Gasteiger partial charge in [0.05, 0.1) is 23.3 Å². The highest BCUT2D eigenvalue weighted by Crippen LogP contribution is 2.34. The molecule has 0 aliphatic carbocycles. The molecular formula is C19H19N3O6S. The first-order valence-electron chi connectivity index (χ1n) is 8.71. The number of esters is 1. The van der Waals surface area contributed by atoms with E-state index in [1.807, 2.05) is 0 Å². The van der Waals surface area contributed by atoms with Crippen LogP contribution in [0.5, 0.6) is 11.5 Å². The van der Waals surface area contributed by atoms with Crippen molar-refractivity contribution in [1.29, 1.82) is 0 Å². The number of hydrazone groups is 1. The molecule has 0 bridgehead atoms. The van der Waals surface area contributed by atoms with E-state index in [4.69, 9.17) is 14.2 Å². The van der Waals surface area contributed by atoms with Gasteiger partial charge in [-0.15, -0.1) is 11.3 Å². The maximum atomic E-state index is 12.2. The Balaban J connectivity index is 1.70. The molecule has 0 fully saturated rings. The van der Waals surface area contributed by atoms with Gasteiger partial charge < -0.3 is 14.2 Å². The Labute approximate surface area is 170 Å². The molecule has 10 heteroatoms. The topological polar surface area (TPSA) is 115 Å². The number of amides is 2. The molecule has 9 nitrogen and oxygen atoms in total. The molecule has 1 aliphatic heterocycles. The molecule has 1 aromatic carbocycles. The van der Waals surface area contributed by atoms with Crippen molar-refractivity contribution >= 4 is 40.3 Å². The van der Waals surface area contributed by atoms with Crippen molar-refractivity contribution in [2.75, 3.05) is 18.7 Å². The van der Waals surface area contributed by atoms with E-state index in [-0.39, 0.29) is 29.7 Å². The highest BCUT2D eigenvalue weighted by molar-refractivity contribution is 7.18. The summed E-state index contributed by atoms with van der Waals surface area (Å²) in [5.74, 6) is 0.442. The van der Waals surface area contributed by atoms with Crippen molar-refractivity contribution < 1.29 is 28.6 Å². The highest BCUT2D eigenvalue weighted by Gasteiger charge is 2.25. The van der Waals surface area contributed by atoms with Crippen LogP contribution in [0.15, 0.2) is 23.3 Å². The van der Waals surface area contributed by atoms with Crippen molar-refractivity contribution in [3.63, 3.8) is 0 Å². The summed E-state index contributed by atoms with van der Waals surface area (Å²) in [4.78, 5) is 36.6. The quantitative estimate of drug-likeness (QED) is 0.322. The van der Waals surface area contributed by atoms with Crippen LogP contribution in [0.3, 0.4) is 0 Å². The third-order valence-electron chi connectivity index (χ3n) is 3.95. The van der Waals surface area contributed by atoms with Crippen molar-refractivity contribution in [2.45, 2.75) is 20.8 Å². The lowest BCUT2D eigenvalue weighted by atomic mass is 10.1. The molecule has 1 aliphatic rings. The fourth-order valence-corrected chi connectivity index (χ4v) is 3.76. The van der Waals surface area contributed by atoms with Gasteiger partial charge in [0, 0.05) is 0 Å². The van der Waals surface area contributed by atoms with Crippen molar-refractivity contribution in [2.24, 2.45) is 5.10 Å². The van der Waals surface area contributed by atoms with Gasteiger partial charge in [-0.3, -0.25) is 10.1 Å². The van der Waals surface area contributed by atoms with Gasteiger partial charge in [-0.2, -0.15) is 5.10 Å². The van der Waals surface area contributed by atoms with E-state index >= 15 is 0 Å². The van der Waals surface area contributed by atoms with Crippen LogP contribution < -0.4 is 20.2 Å². The first-order chi connectivity index (χ1) is 13.9. The van der Waals surface area contributed by atoms with E-state index in [2.05, 4.69) is 15.8 Å². The summed E-state index contributed by atoms with van der Waals surface area (Å²) in [5, 5.41) is 6.65. The van der Waals surface area contributed by atoms with Crippen LogP contribution in [-0.2, 0) is 4.74 Å². The number of Topliss-reactive ketones (excluding diaryl/α,β-unsaturated/α-hetero) is 1. The molecule has 2 amide bonds. The number of ether oxygens (including phenoxy) is 3. The standard InChI is InChI=1S/C19H19N3O6S/c1-4-26-18(24)15-10(2)16(11(3)23)29-17(15)21-19(25)22-20-8-12-5-6-13-14(7-12)28-9-27-13/h5-8H,4,9H2,1-3H3,(H2,21,22,25). The maximum Gasteiger partial charge on any atom is 0.341 e. The molecule has 0 spiro atoms. The zero-order valence-corrected chi connectivity index (χ0v) is 16.8. The summed E-state index contributed by atoms with van der Waals surface area (Å²) >= 11 is 1.02. The van der Waals surface area contributed by atoms with Gasteiger partial charge in [0.1, 0.15) is 5.00 Å². The number of carbonyl (C=O) groups is 3. The first kappa shape index (κ1) is 20.3. The molecule has 152 valence electrons. The van der Waals surface area contributed by atoms with Crippen LogP contribution in [0, 0.1) is 6.92 Å². The van der Waals surface area contributed by atoms with Crippen molar-refractivity contribution in [3.05, 3.63) is 39.8 Å². The third-order valence-corrected chi connectivity index (χ3v) is 5.26. The summed E-state index contributed by atoms with van der Waals surface area (Å²) in [7, 11) is 0. The average molecular weight is 417 g/mol. The number of nitrogens with one attached hydrogen (secondary N) is 2. The van der Waals surface area contributed by atoms with Gasteiger partial charge >= 0.3 is 12.0 Å². The summed E-state index contributed by atoms with van der Waals surface area (Å²) in [6.45, 7) is 5.06. The molecule has 3 rings (SSSR count). The molecule has 0 atom stereocenters. The minimum atomic E-state index is -0.663. The molecule has 2 N–H and O–H groups in total. The molecule has 0 radical (unpaired) electrons. The Morgan fingerprint density at radius 2 is 2.03 bits per heavy atom. The number of rotatable bonds is 6. The number of benzene rings is 1. The molecule has 2 aromatic rings. The molecule has 0 unspecified atom stereocenters. The van der Waals surface area contributed by atoms with Crippen molar-refractivity contribution in [3.8, 4) is 11.5 Å². The number of urea groups is 1. The van der Waals surface area contributed by atoms with E-state index in [0.717, 1.165) is 11.3 Å². The maximum absolute atomic E-state index is 12.2. The Hall–Kier alpha value is -3.40. The van der Waals surface area contributed by atoms with Crippen LogP contribution in [0.4, 0.5) is 9.80 Å². The van der Waals surface area contributed by atoms with Crippen LogP contribution in [-0.4, -0.2) is 37.4 Å². The van der Waals surface area contributed by atoms with Crippen LogP contribution >= 0.6 is 11.3 Å². The second kappa shape index (κ2) is 8.74. The minimum absolute atomic E-state index is 0.164. The molecule has 1 aromatic heterocycles. The van der Waals surface area contributed by atoms with E-state index in [0.29, 0.717) is 27.5 Å². The normalized spacial score (nSPS) is 12.1. The monoisotopic (exact) mass is 417 g/mol. The molecular weight excluding hydrogens is 398 g/mol. The molecule has 0 saturated carbocycles. The lowest BCUT2D eigenvalue weighted by Gasteiger charge is -2.06. The van der Waals surface area contributed by atoms with Gasteiger partial charge in [-0.05, 0) is 50.1 Å². The number of hydrogen-bond donors (Lipinski definition) is 2. The van der Waals surface area contributed by atoms with E-state index in [1.54, 1.807) is 32.0 Å². The predicted octanol–water partition coefficient (Wildman–Crippen LogP) is 3.32. The van der Waals surface area contributed by atoms with Crippen LogP contribution in [0.2, 0.25) is 0 Å². The first-order valence-corrected chi connectivity index (χ1v) is 9.53. The number of anilines is 1. The highest BCUT2D eigenvalue weighted by atomic mass is 32.1. The zero-order valence-electron chi connectivity index (χ0n) is 16.0. The van der Waals surface area contributed by atoms with Gasteiger partial charge in [-0.25, -0.2) is 15.0 Å². The summed E-state index contributed by atoms with van der Waals surface area (Å²) in [6.07, 6.45) is 1.44. The number of fused-ring (bicyclic) bond motifs is 1. The number of carbonyl (C=O) groups excluding carboxylic acids is 3. The van der Waals surface area contributed by atoms with Gasteiger partial charge in [0.15, 0.2) is 17.3 Å². The number of hydrogen-bond acceptors (Lipinski definition) is 8. The lowest BCUT2D eigenvalue weighted by molar-refractivity contribution is 0.0527. The summed E-state index contributed by atoms with van der Waals surface area (Å²) < 4.78 is 15.5. The van der Waals surface area contributed by atoms with Gasteiger partial charge in [0.25, 0.3) is 0 Å². The van der Waals surface area contributed by atoms with Crippen LogP contribution in [0.25, 0.3) is 0 Å². The molecule has 2 heterocycles. The van der Waals surface area contributed by atoms with E-state index in [9.17, 15) is 14.4 Å². The summed E-state index contributed by atoms with van der Waals surface area (Å²) in [6, 6.07) is 4.57. The van der Waals surface area contributed by atoms with Gasteiger partial charge in [0.2, 0.25) is 6.79 Å². The fourth-order valence-electron chi connectivity index (χ4n) is 2.68. The second-order valence-corrected chi connectivity index (χ2v) is 6.99. The summed E-state index contributed by atoms with van der Waals surface area (Å²) in [5.41, 5.74) is 3.66. The predicted molar refractivity (Wildman–Crippen MR) is 107 cm³/mol. The third kappa shape index (κ3) is 4.54. The lowest BCUT2D eigenvalue weighted by Crippen LogP contribution is -2.24. The Morgan fingerprint density at radius 3 is 2.76 bits per heavy atom. The second-order valence-electron chi connectivity index (χ2n) is 5.97. The fraction of sp³-hybridized carbons (Fsp3) is 0.263. The SMILES string of the molecule is CCOC(=O)c1c(NC(=O)NN=Cc2ccc3c(c2)OCO3)sc(C(C)=O)c1C. The number of nitrogens with zero attached hydrogens (tertiary/aromatic N) is 1. The minimum Gasteiger partial charge on any atom is -0.462 e. The number of thiophene rings is 1. The molecule has 29 heavy (non-hydrogen) atoms. The number of ketones is 1. The Morgan fingerprint density at radius 1 is 1.28 bits per heavy atom. The van der Waals surface area contributed by atoms with Gasteiger partial charge in [-0.1, -0.05) is 0 Å². The zero-order chi connectivity index (χ0) is 21.0. The van der Waals surface area contributed by atoms with Crippen molar-refractivity contribution in [1.82, 2.24) is 5.43 Å².